The van der Waals surface area contributed by atoms with Gasteiger partial charge in [-0.2, -0.15) is 0 Å². The van der Waals surface area contributed by atoms with Crippen molar-refractivity contribution in [2.75, 3.05) is 56.4 Å². The largest absolute Gasteiger partial charge is 0.491 e. The molecule has 0 aromatic heterocycles. The van der Waals surface area contributed by atoms with Crippen molar-refractivity contribution in [1.82, 2.24) is 5.32 Å². The van der Waals surface area contributed by atoms with Gasteiger partial charge >= 0.3 is 5.97 Å². The molecule has 0 spiro atoms. The summed E-state index contributed by atoms with van der Waals surface area (Å²) in [5.74, 6) is -0.163. The molecule has 2 fully saturated rings. The lowest BCUT2D eigenvalue weighted by Crippen LogP contribution is -2.47. The second-order valence-electron chi connectivity index (χ2n) is 12.7. The molecular weight excluding hydrogens is 614 g/mol. The van der Waals surface area contributed by atoms with Gasteiger partial charge in [-0.15, -0.1) is 0 Å². The van der Waals surface area contributed by atoms with E-state index in [-0.39, 0.29) is 49.3 Å². The smallest absolute Gasteiger partial charge is 0.306 e. The number of hydrogen-bond donors (Lipinski definition) is 3. The number of fused-ring (bicyclic) bond motifs is 1. The molecule has 6 rings (SSSR count). The third-order valence-electron chi connectivity index (χ3n) is 9.20. The molecule has 3 N–H and O–H groups in total. The lowest BCUT2D eigenvalue weighted by Gasteiger charge is -2.36. The fourth-order valence-corrected chi connectivity index (χ4v) is 6.64. The number of methoxy groups -OCH3 is 1. The van der Waals surface area contributed by atoms with Crippen molar-refractivity contribution in [2.24, 2.45) is 5.92 Å². The molecule has 2 heterocycles. The summed E-state index contributed by atoms with van der Waals surface area (Å²) in [7, 11) is 1.65. The van der Waals surface area contributed by atoms with E-state index in [4.69, 9.17) is 19.3 Å². The summed E-state index contributed by atoms with van der Waals surface area (Å²) in [5, 5.41) is 22.1. The molecule has 11 heteroatoms. The van der Waals surface area contributed by atoms with Crippen LogP contribution in [0.2, 0.25) is 0 Å². The predicted molar refractivity (Wildman–Crippen MR) is 181 cm³/mol. The Morgan fingerprint density at radius 2 is 1.88 bits per heavy atom. The highest BCUT2D eigenvalue weighted by Gasteiger charge is 2.41. The molecule has 0 bridgehead atoms. The topological polar surface area (TPSA) is 138 Å². The van der Waals surface area contributed by atoms with Crippen LogP contribution in [-0.4, -0.2) is 86.7 Å². The number of amides is 2. The number of rotatable bonds is 14. The van der Waals surface area contributed by atoms with Gasteiger partial charge in [-0.3, -0.25) is 14.4 Å². The van der Waals surface area contributed by atoms with Gasteiger partial charge in [0.1, 0.15) is 18.1 Å². The van der Waals surface area contributed by atoms with E-state index in [1.54, 1.807) is 24.1 Å². The van der Waals surface area contributed by atoms with E-state index >= 15 is 0 Å². The molecule has 3 aliphatic rings. The molecule has 1 aliphatic carbocycles. The predicted octanol–water partition coefficient (Wildman–Crippen LogP) is 4.22. The van der Waals surface area contributed by atoms with E-state index in [1.165, 1.54) is 0 Å². The molecule has 3 aromatic rings. The Bertz CT molecular complexity index is 1610. The van der Waals surface area contributed by atoms with Crippen molar-refractivity contribution in [1.29, 1.82) is 0 Å². The number of piperidine rings is 1. The number of hydrogen-bond acceptors (Lipinski definition) is 8. The van der Waals surface area contributed by atoms with Gasteiger partial charge in [-0.05, 0) is 85.2 Å². The number of carboxylic acids is 1. The highest BCUT2D eigenvalue weighted by atomic mass is 16.5. The highest BCUT2D eigenvalue weighted by Crippen LogP contribution is 2.42. The lowest BCUT2D eigenvalue weighted by molar-refractivity contribution is -0.139. The number of carbonyl (C=O) groups excluding carboxylic acids is 2. The summed E-state index contributed by atoms with van der Waals surface area (Å²) in [6.45, 7) is 2.35. The Balaban J connectivity index is 1.21. The van der Waals surface area contributed by atoms with Crippen molar-refractivity contribution in [3.63, 3.8) is 0 Å². The van der Waals surface area contributed by atoms with Crippen LogP contribution in [0.5, 0.6) is 11.5 Å². The number of ether oxygens (including phenoxy) is 3. The maximum Gasteiger partial charge on any atom is 0.306 e. The second-order valence-corrected chi connectivity index (χ2v) is 12.7. The first-order valence-corrected chi connectivity index (χ1v) is 16.7. The van der Waals surface area contributed by atoms with E-state index in [1.807, 2.05) is 47.4 Å². The molecule has 1 saturated heterocycles. The first kappa shape index (κ1) is 33.5. The summed E-state index contributed by atoms with van der Waals surface area (Å²) in [4.78, 5) is 41.9. The molecule has 254 valence electrons. The Morgan fingerprint density at radius 1 is 1.06 bits per heavy atom. The van der Waals surface area contributed by atoms with Crippen molar-refractivity contribution in [2.45, 2.75) is 50.2 Å². The molecule has 1 unspecified atom stereocenters. The van der Waals surface area contributed by atoms with E-state index in [0.717, 1.165) is 48.2 Å². The minimum atomic E-state index is -1.08. The summed E-state index contributed by atoms with van der Waals surface area (Å²) in [6, 6.07) is 21.7. The van der Waals surface area contributed by atoms with Crippen LogP contribution < -0.4 is 24.6 Å². The molecule has 0 radical (unpaired) electrons. The number of aliphatic hydroxyl groups is 1. The Morgan fingerprint density at radius 3 is 2.62 bits per heavy atom. The maximum atomic E-state index is 14.5. The molecular formula is C37H43N3O8. The summed E-state index contributed by atoms with van der Waals surface area (Å²) < 4.78 is 16.5. The third kappa shape index (κ3) is 7.81. The van der Waals surface area contributed by atoms with Crippen LogP contribution in [0.4, 0.5) is 11.4 Å². The zero-order valence-electron chi connectivity index (χ0n) is 27.2. The van der Waals surface area contributed by atoms with E-state index in [9.17, 15) is 19.5 Å². The van der Waals surface area contributed by atoms with E-state index in [0.29, 0.717) is 43.3 Å². The molecule has 11 nitrogen and oxygen atoms in total. The van der Waals surface area contributed by atoms with E-state index in [2.05, 4.69) is 17.4 Å². The normalized spacial score (nSPS) is 19.6. The number of aliphatic hydroxyl groups excluding tert-OH is 1. The third-order valence-corrected chi connectivity index (χ3v) is 9.20. The summed E-state index contributed by atoms with van der Waals surface area (Å²) in [5.41, 5.74) is 4.58. The Kier molecular flexibility index (Phi) is 10.6. The zero-order chi connectivity index (χ0) is 33.6. The Hall–Kier alpha value is -4.45. The van der Waals surface area contributed by atoms with Gasteiger partial charge in [0.05, 0.1) is 24.1 Å². The molecule has 2 amide bonds. The van der Waals surface area contributed by atoms with Crippen LogP contribution in [-0.2, 0) is 19.1 Å². The maximum absolute atomic E-state index is 14.5. The van der Waals surface area contributed by atoms with Crippen LogP contribution in [0.1, 0.15) is 43.6 Å². The standard InChI is InChI=1S/C37H43N3O8/c1-46-17-3-16-39-33-19-28(10-13-34(33)48-23-35(39)42)40(27-8-9-27)37(45)32-21-38-15-14-31(32)26-5-2-4-25(18-26)24-6-11-30(12-7-24)47-22-29(41)20-36(43)44/h2,4-7,10-13,18-19,27,29,31-32,38,41H,3,8-9,14-17,20-23H2,1H3,(H,43,44)/t29?,31-,32+/m1/s1. The van der Waals surface area contributed by atoms with Crippen molar-refractivity contribution >= 4 is 29.2 Å². The number of benzene rings is 3. The minimum Gasteiger partial charge on any atom is -0.491 e. The van der Waals surface area contributed by atoms with Gasteiger partial charge in [0, 0.05) is 38.5 Å². The van der Waals surface area contributed by atoms with Crippen LogP contribution in [0, 0.1) is 5.92 Å². The molecule has 3 aromatic carbocycles. The van der Waals surface area contributed by atoms with Crippen LogP contribution in [0.15, 0.2) is 66.7 Å². The van der Waals surface area contributed by atoms with E-state index < -0.39 is 12.1 Å². The van der Waals surface area contributed by atoms with Gasteiger partial charge in [0.25, 0.3) is 5.91 Å². The number of nitrogens with zero attached hydrogens (tertiary/aromatic N) is 2. The Labute approximate surface area is 280 Å². The summed E-state index contributed by atoms with van der Waals surface area (Å²) >= 11 is 0. The lowest BCUT2D eigenvalue weighted by atomic mass is 9.79. The quantitative estimate of drug-likeness (QED) is 0.218. The molecule has 3 atom stereocenters. The number of carboxylic acid groups (broad SMARTS) is 1. The number of carbonyl (C=O) groups is 3. The number of anilines is 2. The van der Waals surface area contributed by atoms with Crippen LogP contribution in [0.25, 0.3) is 11.1 Å². The van der Waals surface area contributed by atoms with Gasteiger partial charge in [-0.25, -0.2) is 0 Å². The van der Waals surface area contributed by atoms with Gasteiger partial charge in [0.15, 0.2) is 6.61 Å². The van der Waals surface area contributed by atoms with Crippen molar-refractivity contribution < 1.29 is 38.8 Å². The van der Waals surface area contributed by atoms with Crippen LogP contribution >= 0.6 is 0 Å². The summed E-state index contributed by atoms with van der Waals surface area (Å²) in [6.07, 6.45) is 1.94. The van der Waals surface area contributed by atoms with Crippen LogP contribution in [0.3, 0.4) is 0 Å². The highest BCUT2D eigenvalue weighted by molar-refractivity contribution is 6.01. The average molecular weight is 658 g/mol. The molecule has 1 saturated carbocycles. The fourth-order valence-electron chi connectivity index (χ4n) is 6.64. The number of aliphatic carboxylic acids is 1. The van der Waals surface area contributed by atoms with Gasteiger partial charge in [0.2, 0.25) is 5.91 Å². The van der Waals surface area contributed by atoms with Gasteiger partial charge < -0.3 is 39.5 Å². The fraction of sp³-hybridized carbons (Fsp3) is 0.432. The van der Waals surface area contributed by atoms with Crippen molar-refractivity contribution in [3.8, 4) is 22.6 Å². The average Bonchev–Trinajstić information content (AvgIpc) is 3.94. The second kappa shape index (κ2) is 15.2. The zero-order valence-corrected chi connectivity index (χ0v) is 27.2. The van der Waals surface area contributed by atoms with Gasteiger partial charge in [-0.1, -0.05) is 36.4 Å². The first-order chi connectivity index (χ1) is 23.3. The molecule has 2 aliphatic heterocycles. The SMILES string of the molecule is COCCCN1C(=O)COc2ccc(N(C(=O)[C@H]3CNCC[C@@H]3c3cccc(-c4ccc(OCC(O)CC(=O)O)cc4)c3)C3CC3)cc21. The monoisotopic (exact) mass is 657 g/mol. The number of nitrogens with one attached hydrogen (secondary N) is 1. The minimum absolute atomic E-state index is 0.00423. The van der Waals surface area contributed by atoms with Crippen molar-refractivity contribution in [3.05, 3.63) is 72.3 Å². The molecule has 48 heavy (non-hydrogen) atoms. The first-order valence-electron chi connectivity index (χ1n) is 16.7.